The van der Waals surface area contributed by atoms with Crippen LogP contribution in [-0.2, 0) is 0 Å². The molecule has 0 saturated carbocycles. The molecule has 0 unspecified atom stereocenters. The second kappa shape index (κ2) is 5.72. The summed E-state index contributed by atoms with van der Waals surface area (Å²) in [5.41, 5.74) is 8.40. The van der Waals surface area contributed by atoms with E-state index in [0.29, 0.717) is 5.56 Å². The normalized spacial score (nSPS) is 10.3. The number of primary amides is 1. The molecule has 0 bridgehead atoms. The maximum atomic E-state index is 11.0. The Labute approximate surface area is 125 Å². The molecule has 6 heteroatoms. The maximum Gasteiger partial charge on any atom is 0.248 e. The van der Waals surface area contributed by atoms with Gasteiger partial charge in [-0.05, 0) is 36.4 Å². The van der Waals surface area contributed by atoms with E-state index in [9.17, 15) is 4.79 Å². The van der Waals surface area contributed by atoms with Gasteiger partial charge in [-0.2, -0.15) is 0 Å². The van der Waals surface area contributed by atoms with Gasteiger partial charge in [0.15, 0.2) is 5.13 Å². The van der Waals surface area contributed by atoms with Crippen LogP contribution < -0.4 is 11.1 Å². The molecule has 1 amide bonds. The third-order valence-corrected chi connectivity index (χ3v) is 3.64. The van der Waals surface area contributed by atoms with Crippen LogP contribution in [0, 0.1) is 0 Å². The van der Waals surface area contributed by atoms with E-state index >= 15 is 0 Å². The molecule has 0 atom stereocenters. The van der Waals surface area contributed by atoms with Gasteiger partial charge in [0.1, 0.15) is 0 Å². The fraction of sp³-hybridized carbons (Fsp3) is 0. The number of nitrogens with one attached hydrogen (secondary N) is 1. The predicted molar refractivity (Wildman–Crippen MR) is 83.6 cm³/mol. The number of benzene rings is 1. The molecule has 104 valence electrons. The number of thiazole rings is 1. The van der Waals surface area contributed by atoms with E-state index in [4.69, 9.17) is 5.73 Å². The van der Waals surface area contributed by atoms with Gasteiger partial charge in [0, 0.05) is 34.6 Å². The fourth-order valence-electron chi connectivity index (χ4n) is 1.82. The van der Waals surface area contributed by atoms with Crippen LogP contribution in [0.3, 0.4) is 0 Å². The highest BCUT2D eigenvalue weighted by molar-refractivity contribution is 7.14. The molecule has 0 saturated heterocycles. The molecule has 0 radical (unpaired) electrons. The zero-order valence-corrected chi connectivity index (χ0v) is 11.8. The summed E-state index contributed by atoms with van der Waals surface area (Å²) in [5, 5.41) is 5.94. The van der Waals surface area contributed by atoms with Crippen LogP contribution >= 0.6 is 11.3 Å². The Kier molecular flexibility index (Phi) is 3.61. The minimum atomic E-state index is -0.435. The second-order valence-electron chi connectivity index (χ2n) is 4.35. The quantitative estimate of drug-likeness (QED) is 0.775. The predicted octanol–water partition coefficient (Wildman–Crippen LogP) is 3.05. The molecular weight excluding hydrogens is 284 g/mol. The third-order valence-electron chi connectivity index (χ3n) is 2.88. The van der Waals surface area contributed by atoms with Crippen molar-refractivity contribution in [1.82, 2.24) is 9.97 Å². The van der Waals surface area contributed by atoms with Crippen molar-refractivity contribution in [2.24, 2.45) is 5.73 Å². The Morgan fingerprint density at radius 3 is 2.67 bits per heavy atom. The lowest BCUT2D eigenvalue weighted by atomic mass is 10.2. The lowest BCUT2D eigenvalue weighted by Gasteiger charge is -2.03. The first kappa shape index (κ1) is 13.3. The van der Waals surface area contributed by atoms with E-state index in [2.05, 4.69) is 15.3 Å². The summed E-state index contributed by atoms with van der Waals surface area (Å²) in [5.74, 6) is -0.435. The van der Waals surface area contributed by atoms with Crippen molar-refractivity contribution in [3.8, 4) is 11.3 Å². The zero-order chi connectivity index (χ0) is 14.7. The van der Waals surface area contributed by atoms with Gasteiger partial charge in [0.25, 0.3) is 0 Å². The van der Waals surface area contributed by atoms with E-state index in [1.165, 1.54) is 11.3 Å². The summed E-state index contributed by atoms with van der Waals surface area (Å²) in [4.78, 5) is 19.6. The number of anilines is 2. The van der Waals surface area contributed by atoms with E-state index < -0.39 is 5.91 Å². The van der Waals surface area contributed by atoms with Crippen molar-refractivity contribution >= 4 is 28.1 Å². The third kappa shape index (κ3) is 3.06. The van der Waals surface area contributed by atoms with Crippen LogP contribution in [0.2, 0.25) is 0 Å². The van der Waals surface area contributed by atoms with Crippen LogP contribution in [-0.4, -0.2) is 15.9 Å². The van der Waals surface area contributed by atoms with Gasteiger partial charge in [-0.15, -0.1) is 11.3 Å². The van der Waals surface area contributed by atoms with Crippen molar-refractivity contribution in [3.63, 3.8) is 0 Å². The standard InChI is InChI=1S/C15H12N4OS/c16-14(20)10-3-5-12(6-4-10)18-15-19-13(9-21-15)11-2-1-7-17-8-11/h1-9H,(H2,16,20)(H,18,19). The van der Waals surface area contributed by atoms with Gasteiger partial charge < -0.3 is 11.1 Å². The van der Waals surface area contributed by atoms with Gasteiger partial charge in [-0.1, -0.05) is 0 Å². The zero-order valence-electron chi connectivity index (χ0n) is 11.0. The smallest absolute Gasteiger partial charge is 0.248 e. The molecule has 21 heavy (non-hydrogen) atoms. The largest absolute Gasteiger partial charge is 0.366 e. The molecule has 0 fully saturated rings. The maximum absolute atomic E-state index is 11.0. The van der Waals surface area contributed by atoms with E-state index in [1.807, 2.05) is 17.5 Å². The first-order valence-corrected chi connectivity index (χ1v) is 7.13. The number of pyridine rings is 1. The molecule has 0 spiro atoms. The van der Waals surface area contributed by atoms with Crippen LogP contribution in [0.1, 0.15) is 10.4 Å². The number of hydrogen-bond donors (Lipinski definition) is 2. The Morgan fingerprint density at radius 2 is 2.00 bits per heavy atom. The van der Waals surface area contributed by atoms with Gasteiger partial charge in [-0.3, -0.25) is 9.78 Å². The summed E-state index contributed by atoms with van der Waals surface area (Å²) in [7, 11) is 0. The lowest BCUT2D eigenvalue weighted by Crippen LogP contribution is -2.10. The molecule has 3 N–H and O–H groups in total. The highest BCUT2D eigenvalue weighted by atomic mass is 32.1. The van der Waals surface area contributed by atoms with Crippen molar-refractivity contribution in [2.75, 3.05) is 5.32 Å². The van der Waals surface area contributed by atoms with Crippen LogP contribution in [0.25, 0.3) is 11.3 Å². The van der Waals surface area contributed by atoms with Crippen molar-refractivity contribution in [1.29, 1.82) is 0 Å². The van der Waals surface area contributed by atoms with Crippen LogP contribution in [0.4, 0.5) is 10.8 Å². The molecular formula is C15H12N4OS. The number of carbonyl (C=O) groups excluding carboxylic acids is 1. The molecule has 3 aromatic rings. The van der Waals surface area contributed by atoms with Gasteiger partial charge >= 0.3 is 0 Å². The van der Waals surface area contributed by atoms with Gasteiger partial charge in [-0.25, -0.2) is 4.98 Å². The minimum absolute atomic E-state index is 0.435. The number of hydrogen-bond acceptors (Lipinski definition) is 5. The fourth-order valence-corrected chi connectivity index (χ4v) is 2.56. The highest BCUT2D eigenvalue weighted by Gasteiger charge is 2.05. The molecule has 0 aliphatic heterocycles. The topological polar surface area (TPSA) is 80.9 Å². The monoisotopic (exact) mass is 296 g/mol. The van der Waals surface area contributed by atoms with Crippen LogP contribution in [0.15, 0.2) is 54.2 Å². The van der Waals surface area contributed by atoms with E-state index in [-0.39, 0.29) is 0 Å². The molecule has 2 aromatic heterocycles. The van der Waals surface area contributed by atoms with Crippen molar-refractivity contribution in [2.45, 2.75) is 0 Å². The number of nitrogens with two attached hydrogens (primary N) is 1. The molecule has 2 heterocycles. The summed E-state index contributed by atoms with van der Waals surface area (Å²) in [6, 6.07) is 10.8. The molecule has 5 nitrogen and oxygen atoms in total. The van der Waals surface area contributed by atoms with E-state index in [0.717, 1.165) is 22.1 Å². The number of aromatic nitrogens is 2. The van der Waals surface area contributed by atoms with Crippen molar-refractivity contribution < 1.29 is 4.79 Å². The Morgan fingerprint density at radius 1 is 1.19 bits per heavy atom. The highest BCUT2D eigenvalue weighted by Crippen LogP contribution is 2.26. The Bertz CT molecular complexity index is 753. The molecule has 0 aliphatic carbocycles. The summed E-state index contributed by atoms with van der Waals surface area (Å²) in [6.07, 6.45) is 3.51. The number of carbonyl (C=O) groups is 1. The Balaban J connectivity index is 1.77. The number of rotatable bonds is 4. The number of amides is 1. The average molecular weight is 296 g/mol. The van der Waals surface area contributed by atoms with Crippen molar-refractivity contribution in [3.05, 3.63) is 59.7 Å². The summed E-state index contributed by atoms with van der Waals surface area (Å²) >= 11 is 1.51. The first-order chi connectivity index (χ1) is 10.2. The first-order valence-electron chi connectivity index (χ1n) is 6.25. The summed E-state index contributed by atoms with van der Waals surface area (Å²) in [6.45, 7) is 0. The molecule has 1 aromatic carbocycles. The molecule has 3 rings (SSSR count). The number of nitrogens with zero attached hydrogens (tertiary/aromatic N) is 2. The summed E-state index contributed by atoms with van der Waals surface area (Å²) < 4.78 is 0. The Hall–Kier alpha value is -2.73. The minimum Gasteiger partial charge on any atom is -0.366 e. The lowest BCUT2D eigenvalue weighted by molar-refractivity contribution is 0.100. The van der Waals surface area contributed by atoms with E-state index in [1.54, 1.807) is 36.7 Å². The molecule has 0 aliphatic rings. The SMILES string of the molecule is NC(=O)c1ccc(Nc2nc(-c3cccnc3)cs2)cc1. The van der Waals surface area contributed by atoms with Gasteiger partial charge in [0.05, 0.1) is 5.69 Å². The van der Waals surface area contributed by atoms with Crippen LogP contribution in [0.5, 0.6) is 0 Å². The average Bonchev–Trinajstić information content (AvgIpc) is 2.97. The second-order valence-corrected chi connectivity index (χ2v) is 5.20. The van der Waals surface area contributed by atoms with Gasteiger partial charge in [0.2, 0.25) is 5.91 Å².